The van der Waals surface area contributed by atoms with E-state index < -0.39 is 0 Å². The normalized spacial score (nSPS) is 12.5. The summed E-state index contributed by atoms with van der Waals surface area (Å²) in [5.74, 6) is 0. The molecule has 0 radical (unpaired) electrons. The third kappa shape index (κ3) is 2.30. The maximum atomic E-state index is 10.4. The average Bonchev–Trinajstić information content (AvgIpc) is 2.17. The van der Waals surface area contributed by atoms with Gasteiger partial charge in [0.15, 0.2) is 0 Å². The second-order valence-corrected chi connectivity index (χ2v) is 4.16. The zero-order chi connectivity index (χ0) is 8.97. The number of carbonyl (C=O) groups excluding carboxylic acids is 1. The molecule has 0 amide bonds. The molecule has 2 heteroatoms. The Morgan fingerprint density at radius 1 is 1.42 bits per heavy atom. The first-order chi connectivity index (χ1) is 5.77. The molecule has 0 saturated carbocycles. The van der Waals surface area contributed by atoms with Crippen molar-refractivity contribution < 1.29 is 4.79 Å². The van der Waals surface area contributed by atoms with Gasteiger partial charge in [-0.2, -0.15) is 0 Å². The molecule has 1 rings (SSSR count). The van der Waals surface area contributed by atoms with Crippen molar-refractivity contribution in [3.05, 3.63) is 35.4 Å². The summed E-state index contributed by atoms with van der Waals surface area (Å²) < 4.78 is 0.559. The van der Waals surface area contributed by atoms with Crippen molar-refractivity contribution in [1.29, 1.82) is 0 Å². The molecule has 1 atom stereocenters. The predicted molar refractivity (Wildman–Crippen MR) is 58.9 cm³/mol. The van der Waals surface area contributed by atoms with E-state index in [1.54, 1.807) is 0 Å². The van der Waals surface area contributed by atoms with Gasteiger partial charge in [-0.05, 0) is 12.0 Å². The molecule has 0 aliphatic rings. The molecule has 0 bridgehead atoms. The third-order valence-electron chi connectivity index (χ3n) is 1.79. The zero-order valence-corrected chi connectivity index (χ0v) is 9.11. The Bertz CT molecular complexity index is 253. The molecule has 0 spiro atoms. The number of alkyl halides is 1. The molecule has 64 valence electrons. The molecule has 0 saturated heterocycles. The van der Waals surface area contributed by atoms with E-state index in [9.17, 15) is 4.79 Å². The topological polar surface area (TPSA) is 17.1 Å². The Morgan fingerprint density at radius 3 is 2.42 bits per heavy atom. The van der Waals surface area contributed by atoms with Crippen LogP contribution in [0.1, 0.15) is 33.2 Å². The summed E-state index contributed by atoms with van der Waals surface area (Å²) in [4.78, 5) is 10.4. The molecule has 1 aromatic rings. The minimum absolute atomic E-state index is 0.559. The minimum atomic E-state index is 0.559. The monoisotopic (exact) mass is 274 g/mol. The number of aldehydes is 1. The van der Waals surface area contributed by atoms with Crippen molar-refractivity contribution in [3.8, 4) is 0 Å². The van der Waals surface area contributed by atoms with Crippen molar-refractivity contribution in [2.75, 3.05) is 0 Å². The van der Waals surface area contributed by atoms with Crippen LogP contribution in [0.5, 0.6) is 0 Å². The Hall–Kier alpha value is -0.380. The third-order valence-corrected chi connectivity index (χ3v) is 3.39. The molecule has 0 aliphatic carbocycles. The van der Waals surface area contributed by atoms with E-state index in [1.165, 1.54) is 5.56 Å². The van der Waals surface area contributed by atoms with Crippen LogP contribution in [-0.4, -0.2) is 6.29 Å². The highest BCUT2D eigenvalue weighted by Gasteiger charge is 2.02. The van der Waals surface area contributed by atoms with Crippen LogP contribution in [0.15, 0.2) is 24.3 Å². The second kappa shape index (κ2) is 4.60. The molecule has 0 aromatic heterocycles. The lowest BCUT2D eigenvalue weighted by Crippen LogP contribution is -1.87. The molecule has 12 heavy (non-hydrogen) atoms. The standard InChI is InChI=1S/C10H11IO/c1-2-10(11)9-5-3-8(7-12)4-6-9/h3-7,10H,2H2,1H3. The van der Waals surface area contributed by atoms with Crippen LogP contribution in [0.4, 0.5) is 0 Å². The summed E-state index contributed by atoms with van der Waals surface area (Å²) in [5, 5.41) is 0. The molecular formula is C10H11IO. The van der Waals surface area contributed by atoms with Crippen LogP contribution < -0.4 is 0 Å². The van der Waals surface area contributed by atoms with Crippen molar-refractivity contribution in [1.82, 2.24) is 0 Å². The SMILES string of the molecule is CCC(I)c1ccc(C=O)cc1. The minimum Gasteiger partial charge on any atom is -0.298 e. The van der Waals surface area contributed by atoms with E-state index in [0.29, 0.717) is 3.92 Å². The molecular weight excluding hydrogens is 263 g/mol. The lowest BCUT2D eigenvalue weighted by molar-refractivity contribution is 0.112. The number of hydrogen-bond acceptors (Lipinski definition) is 1. The van der Waals surface area contributed by atoms with E-state index in [1.807, 2.05) is 24.3 Å². The van der Waals surface area contributed by atoms with Crippen LogP contribution in [0.3, 0.4) is 0 Å². The predicted octanol–water partition coefficient (Wildman–Crippen LogP) is 3.39. The Morgan fingerprint density at radius 2 is 2.00 bits per heavy atom. The Labute approximate surface area is 86.3 Å². The average molecular weight is 274 g/mol. The fourth-order valence-corrected chi connectivity index (χ4v) is 1.43. The largest absolute Gasteiger partial charge is 0.298 e. The van der Waals surface area contributed by atoms with Crippen LogP contribution in [0.2, 0.25) is 0 Å². The first kappa shape index (κ1) is 9.71. The quantitative estimate of drug-likeness (QED) is 0.469. The molecule has 1 aromatic carbocycles. The van der Waals surface area contributed by atoms with Gasteiger partial charge in [-0.3, -0.25) is 4.79 Å². The Kier molecular flexibility index (Phi) is 3.72. The van der Waals surface area contributed by atoms with Gasteiger partial charge < -0.3 is 0 Å². The van der Waals surface area contributed by atoms with E-state index in [-0.39, 0.29) is 0 Å². The van der Waals surface area contributed by atoms with Crippen LogP contribution >= 0.6 is 22.6 Å². The highest BCUT2D eigenvalue weighted by atomic mass is 127. The first-order valence-corrected chi connectivity index (χ1v) is 5.21. The van der Waals surface area contributed by atoms with E-state index >= 15 is 0 Å². The van der Waals surface area contributed by atoms with Crippen molar-refractivity contribution >= 4 is 28.9 Å². The van der Waals surface area contributed by atoms with Crippen molar-refractivity contribution in [2.24, 2.45) is 0 Å². The maximum absolute atomic E-state index is 10.4. The highest BCUT2D eigenvalue weighted by molar-refractivity contribution is 14.1. The van der Waals surface area contributed by atoms with Gasteiger partial charge in [-0.1, -0.05) is 53.8 Å². The molecule has 0 heterocycles. The fourth-order valence-electron chi connectivity index (χ4n) is 1.02. The smallest absolute Gasteiger partial charge is 0.150 e. The van der Waals surface area contributed by atoms with Gasteiger partial charge in [0.05, 0.1) is 0 Å². The van der Waals surface area contributed by atoms with Gasteiger partial charge in [0.1, 0.15) is 6.29 Å². The lowest BCUT2D eigenvalue weighted by Gasteiger charge is -2.06. The number of benzene rings is 1. The maximum Gasteiger partial charge on any atom is 0.150 e. The van der Waals surface area contributed by atoms with Gasteiger partial charge in [0, 0.05) is 9.49 Å². The summed E-state index contributed by atoms with van der Waals surface area (Å²) in [6.07, 6.45) is 2.00. The summed E-state index contributed by atoms with van der Waals surface area (Å²) in [6.45, 7) is 2.16. The van der Waals surface area contributed by atoms with Crippen molar-refractivity contribution in [2.45, 2.75) is 17.3 Å². The van der Waals surface area contributed by atoms with E-state index in [4.69, 9.17) is 0 Å². The summed E-state index contributed by atoms with van der Waals surface area (Å²) in [5.41, 5.74) is 2.04. The number of halogens is 1. The fraction of sp³-hybridized carbons (Fsp3) is 0.300. The summed E-state index contributed by atoms with van der Waals surface area (Å²) in [7, 11) is 0. The van der Waals surface area contributed by atoms with Crippen molar-refractivity contribution in [3.63, 3.8) is 0 Å². The summed E-state index contributed by atoms with van der Waals surface area (Å²) >= 11 is 2.41. The highest BCUT2D eigenvalue weighted by Crippen LogP contribution is 2.26. The van der Waals surface area contributed by atoms with Gasteiger partial charge in [0.2, 0.25) is 0 Å². The van der Waals surface area contributed by atoms with Crippen LogP contribution in [-0.2, 0) is 0 Å². The first-order valence-electron chi connectivity index (χ1n) is 3.97. The van der Waals surface area contributed by atoms with Gasteiger partial charge in [-0.15, -0.1) is 0 Å². The number of rotatable bonds is 3. The van der Waals surface area contributed by atoms with E-state index in [0.717, 1.165) is 18.3 Å². The van der Waals surface area contributed by atoms with Gasteiger partial charge in [0.25, 0.3) is 0 Å². The van der Waals surface area contributed by atoms with Gasteiger partial charge in [-0.25, -0.2) is 0 Å². The van der Waals surface area contributed by atoms with Crippen LogP contribution in [0.25, 0.3) is 0 Å². The molecule has 0 fully saturated rings. The zero-order valence-electron chi connectivity index (χ0n) is 6.96. The molecule has 0 aliphatic heterocycles. The summed E-state index contributed by atoms with van der Waals surface area (Å²) in [6, 6.07) is 7.77. The molecule has 1 nitrogen and oxygen atoms in total. The van der Waals surface area contributed by atoms with Crippen LogP contribution in [0, 0.1) is 0 Å². The lowest BCUT2D eigenvalue weighted by atomic mass is 10.1. The number of hydrogen-bond donors (Lipinski definition) is 0. The Balaban J connectivity index is 2.84. The van der Waals surface area contributed by atoms with E-state index in [2.05, 4.69) is 29.5 Å². The number of carbonyl (C=O) groups is 1. The second-order valence-electron chi connectivity index (χ2n) is 2.66. The molecule has 0 N–H and O–H groups in total. The van der Waals surface area contributed by atoms with Gasteiger partial charge >= 0.3 is 0 Å². The molecule has 1 unspecified atom stereocenters.